The van der Waals surface area contributed by atoms with Crippen LogP contribution in [-0.2, 0) is 20.7 Å². The van der Waals surface area contributed by atoms with E-state index in [4.69, 9.17) is 9.78 Å². The molecule has 5 nitrogen and oxygen atoms in total. The fourth-order valence-electron chi connectivity index (χ4n) is 3.83. The minimum Gasteiger partial charge on any atom is -0.370 e. The van der Waals surface area contributed by atoms with Crippen LogP contribution in [0.2, 0.25) is 0 Å². The van der Waals surface area contributed by atoms with Gasteiger partial charge in [0.2, 0.25) is 0 Å². The van der Waals surface area contributed by atoms with Crippen molar-refractivity contribution < 1.29 is 27.7 Å². The zero-order chi connectivity index (χ0) is 19.4. The molecule has 0 saturated carbocycles. The summed E-state index contributed by atoms with van der Waals surface area (Å²) in [5.41, 5.74) is 0.863. The van der Waals surface area contributed by atoms with Gasteiger partial charge in [0.15, 0.2) is 0 Å². The highest BCUT2D eigenvalue weighted by molar-refractivity contribution is 5.74. The van der Waals surface area contributed by atoms with E-state index in [-0.39, 0.29) is 12.5 Å². The van der Waals surface area contributed by atoms with E-state index in [1.54, 1.807) is 13.0 Å². The normalized spacial score (nSPS) is 21.5. The number of nitrogens with zero attached hydrogens (tertiary/aromatic N) is 1. The fraction of sp³-hybridized carbons (Fsp3) is 0.632. The van der Waals surface area contributed by atoms with Crippen LogP contribution < -0.4 is 10.2 Å². The molecule has 0 aliphatic carbocycles. The number of benzene rings is 1. The number of rotatable bonds is 5. The zero-order valence-corrected chi connectivity index (χ0v) is 15.3. The molecule has 27 heavy (non-hydrogen) atoms. The van der Waals surface area contributed by atoms with E-state index in [1.165, 1.54) is 6.07 Å². The van der Waals surface area contributed by atoms with Crippen LogP contribution in [0.15, 0.2) is 18.2 Å². The largest absolute Gasteiger partial charge is 0.416 e. The summed E-state index contributed by atoms with van der Waals surface area (Å²) in [5.74, 6) is -0.639. The molecule has 2 fully saturated rings. The predicted molar refractivity (Wildman–Crippen MR) is 94.3 cm³/mol. The van der Waals surface area contributed by atoms with Gasteiger partial charge in [-0.25, -0.2) is 4.79 Å². The maximum atomic E-state index is 13.3. The Morgan fingerprint density at radius 1 is 1.26 bits per heavy atom. The SMILES string of the molecule is CCOOC(=O)C1CCN(c2cc(C(F)(F)F)ccc2C2CCNCC2)C1. The van der Waals surface area contributed by atoms with Crippen LogP contribution in [0.3, 0.4) is 0 Å². The first kappa shape index (κ1) is 19.9. The van der Waals surface area contributed by atoms with Gasteiger partial charge in [-0.05, 0) is 62.9 Å². The number of piperidine rings is 1. The first-order chi connectivity index (χ1) is 12.9. The number of anilines is 1. The van der Waals surface area contributed by atoms with Crippen molar-refractivity contribution in [3.63, 3.8) is 0 Å². The van der Waals surface area contributed by atoms with Crippen molar-refractivity contribution in [3.8, 4) is 0 Å². The molecular weight excluding hydrogens is 361 g/mol. The van der Waals surface area contributed by atoms with E-state index in [0.29, 0.717) is 25.2 Å². The third-order valence-electron chi connectivity index (χ3n) is 5.26. The van der Waals surface area contributed by atoms with Crippen molar-refractivity contribution in [1.82, 2.24) is 5.32 Å². The summed E-state index contributed by atoms with van der Waals surface area (Å²) >= 11 is 0. The highest BCUT2D eigenvalue weighted by Crippen LogP contribution is 2.40. The van der Waals surface area contributed by atoms with Gasteiger partial charge in [0.1, 0.15) is 0 Å². The summed E-state index contributed by atoms with van der Waals surface area (Å²) in [6.45, 7) is 4.54. The van der Waals surface area contributed by atoms with Gasteiger partial charge in [0.25, 0.3) is 0 Å². The molecular formula is C19H25F3N2O3. The number of hydrogen-bond donors (Lipinski definition) is 1. The number of nitrogens with one attached hydrogen (secondary N) is 1. The molecule has 0 amide bonds. The van der Waals surface area contributed by atoms with Crippen molar-refractivity contribution in [1.29, 1.82) is 0 Å². The standard InChI is InChI=1S/C19H25F3N2O3/c1-2-26-27-18(25)14-7-10-24(12-14)17-11-15(19(20,21)22)3-4-16(17)13-5-8-23-9-6-13/h3-4,11,13-14,23H,2,5-10,12H2,1H3. The van der Waals surface area contributed by atoms with Crippen molar-refractivity contribution in [3.05, 3.63) is 29.3 Å². The summed E-state index contributed by atoms with van der Waals surface area (Å²) in [4.78, 5) is 23.3. The van der Waals surface area contributed by atoms with Gasteiger partial charge in [-0.2, -0.15) is 18.1 Å². The molecule has 2 aliphatic heterocycles. The van der Waals surface area contributed by atoms with Gasteiger partial charge < -0.3 is 10.2 Å². The van der Waals surface area contributed by atoms with Crippen LogP contribution in [0.25, 0.3) is 0 Å². The molecule has 2 heterocycles. The molecule has 1 atom stereocenters. The number of hydrogen-bond acceptors (Lipinski definition) is 5. The summed E-state index contributed by atoms with van der Waals surface area (Å²) < 4.78 is 39.8. The number of alkyl halides is 3. The molecule has 2 saturated heterocycles. The molecule has 0 spiro atoms. The average Bonchev–Trinajstić information content (AvgIpc) is 3.16. The summed E-state index contributed by atoms with van der Waals surface area (Å²) in [6.07, 6.45) is -2.08. The van der Waals surface area contributed by atoms with Gasteiger partial charge in [0.05, 0.1) is 18.1 Å². The van der Waals surface area contributed by atoms with Crippen molar-refractivity contribution in [2.75, 3.05) is 37.7 Å². The zero-order valence-electron chi connectivity index (χ0n) is 15.3. The van der Waals surface area contributed by atoms with E-state index in [0.717, 1.165) is 37.6 Å². The Kier molecular flexibility index (Phi) is 6.26. The second kappa shape index (κ2) is 8.48. The summed E-state index contributed by atoms with van der Waals surface area (Å²) in [6, 6.07) is 4.01. The Balaban J connectivity index is 1.84. The highest BCUT2D eigenvalue weighted by Gasteiger charge is 2.35. The van der Waals surface area contributed by atoms with Crippen molar-refractivity contribution >= 4 is 11.7 Å². The van der Waals surface area contributed by atoms with Crippen LogP contribution in [0.1, 0.15) is 43.2 Å². The number of halogens is 3. The molecule has 1 aromatic carbocycles. The molecule has 150 valence electrons. The molecule has 0 radical (unpaired) electrons. The fourth-order valence-corrected chi connectivity index (χ4v) is 3.83. The molecule has 1 aromatic rings. The van der Waals surface area contributed by atoms with Crippen molar-refractivity contribution in [2.24, 2.45) is 5.92 Å². The topological polar surface area (TPSA) is 50.8 Å². The Labute approximate surface area is 156 Å². The lowest BCUT2D eigenvalue weighted by Crippen LogP contribution is -2.29. The third kappa shape index (κ3) is 4.73. The lowest BCUT2D eigenvalue weighted by molar-refractivity contribution is -0.272. The minimum atomic E-state index is -4.39. The Morgan fingerprint density at radius 3 is 2.67 bits per heavy atom. The van der Waals surface area contributed by atoms with Crippen molar-refractivity contribution in [2.45, 2.75) is 38.3 Å². The smallest absolute Gasteiger partial charge is 0.370 e. The monoisotopic (exact) mass is 386 g/mol. The Morgan fingerprint density at radius 2 is 2.00 bits per heavy atom. The maximum Gasteiger partial charge on any atom is 0.416 e. The predicted octanol–water partition coefficient (Wildman–Crippen LogP) is 3.49. The maximum absolute atomic E-state index is 13.3. The number of carbonyl (C=O) groups excluding carboxylic acids is 1. The Bertz CT molecular complexity index is 660. The van der Waals surface area contributed by atoms with E-state index < -0.39 is 23.6 Å². The second-order valence-corrected chi connectivity index (χ2v) is 7.04. The molecule has 1 unspecified atom stereocenters. The van der Waals surface area contributed by atoms with Crippen LogP contribution in [0.4, 0.5) is 18.9 Å². The molecule has 8 heteroatoms. The first-order valence-corrected chi connectivity index (χ1v) is 9.40. The lowest BCUT2D eigenvalue weighted by Gasteiger charge is -2.30. The lowest BCUT2D eigenvalue weighted by atomic mass is 9.88. The quantitative estimate of drug-likeness (QED) is 0.620. The molecule has 2 aliphatic rings. The van der Waals surface area contributed by atoms with Gasteiger partial charge in [-0.1, -0.05) is 6.07 Å². The third-order valence-corrected chi connectivity index (χ3v) is 5.26. The molecule has 0 bridgehead atoms. The van der Waals surface area contributed by atoms with Gasteiger partial charge in [-0.3, -0.25) is 4.89 Å². The van der Waals surface area contributed by atoms with E-state index >= 15 is 0 Å². The van der Waals surface area contributed by atoms with Gasteiger partial charge in [0, 0.05) is 18.8 Å². The summed E-state index contributed by atoms with van der Waals surface area (Å²) in [7, 11) is 0. The van der Waals surface area contributed by atoms with Crippen LogP contribution in [-0.4, -0.2) is 38.8 Å². The molecule has 3 rings (SSSR count). The van der Waals surface area contributed by atoms with Crippen LogP contribution in [0, 0.1) is 5.92 Å². The molecule has 0 aromatic heterocycles. The van der Waals surface area contributed by atoms with Crippen LogP contribution >= 0.6 is 0 Å². The molecule has 1 N–H and O–H groups in total. The van der Waals surface area contributed by atoms with Gasteiger partial charge in [-0.15, -0.1) is 0 Å². The average molecular weight is 386 g/mol. The van der Waals surface area contributed by atoms with Gasteiger partial charge >= 0.3 is 12.1 Å². The van der Waals surface area contributed by atoms with E-state index in [1.807, 2.05) is 4.90 Å². The van der Waals surface area contributed by atoms with E-state index in [9.17, 15) is 18.0 Å². The number of carbonyl (C=O) groups is 1. The van der Waals surface area contributed by atoms with Crippen LogP contribution in [0.5, 0.6) is 0 Å². The minimum absolute atomic E-state index is 0.220. The Hall–Kier alpha value is -1.80. The first-order valence-electron chi connectivity index (χ1n) is 9.40. The van der Waals surface area contributed by atoms with E-state index in [2.05, 4.69) is 5.32 Å². The summed E-state index contributed by atoms with van der Waals surface area (Å²) in [5, 5.41) is 3.28. The second-order valence-electron chi connectivity index (χ2n) is 7.04. The highest BCUT2D eigenvalue weighted by atomic mass is 19.4.